The highest BCUT2D eigenvalue weighted by Crippen LogP contribution is 2.63. The van der Waals surface area contributed by atoms with E-state index in [4.69, 9.17) is 14.2 Å². The van der Waals surface area contributed by atoms with Gasteiger partial charge in [0.15, 0.2) is 0 Å². The van der Waals surface area contributed by atoms with E-state index in [1.165, 1.54) is 13.2 Å². The van der Waals surface area contributed by atoms with Crippen molar-refractivity contribution < 1.29 is 33.7 Å². The van der Waals surface area contributed by atoms with Gasteiger partial charge in [0.1, 0.15) is 12.7 Å². The van der Waals surface area contributed by atoms with E-state index < -0.39 is 23.6 Å². The molecule has 0 saturated heterocycles. The van der Waals surface area contributed by atoms with E-state index in [1.807, 2.05) is 20.8 Å². The Morgan fingerprint density at radius 1 is 1.30 bits per heavy atom. The quantitative estimate of drug-likeness (QED) is 0.452. The van der Waals surface area contributed by atoms with Crippen LogP contribution in [-0.4, -0.2) is 48.9 Å². The highest BCUT2D eigenvalue weighted by molar-refractivity contribution is 5.85. The molecule has 0 aromatic carbocycles. The maximum Gasteiger partial charge on any atom is 0.331 e. The standard InChI is InChI=1S/C26H40O7/c1-7-15(2)23(29)33-19(17-12-22(28)32-14-17)13-25(4)16(3)11-21(27)26(5)18(24(30)31-6)9-8-10-20(25)26/h12,15-16,18-21,27H,7-11,13-14H2,1-6H3/t15?,16-,18+,19+,20-,21+,25+,26+/m1/s1. The van der Waals surface area contributed by atoms with Crippen LogP contribution in [0, 0.1) is 34.5 Å². The summed E-state index contributed by atoms with van der Waals surface area (Å²) in [7, 11) is 1.40. The molecule has 8 atom stereocenters. The van der Waals surface area contributed by atoms with Gasteiger partial charge in [0.2, 0.25) is 0 Å². The van der Waals surface area contributed by atoms with Gasteiger partial charge in [0, 0.05) is 17.1 Å². The topological polar surface area (TPSA) is 99.1 Å². The van der Waals surface area contributed by atoms with E-state index in [0.717, 1.165) is 12.8 Å². The third-order valence-corrected chi connectivity index (χ3v) is 9.19. The van der Waals surface area contributed by atoms with E-state index in [0.29, 0.717) is 31.3 Å². The van der Waals surface area contributed by atoms with Gasteiger partial charge in [-0.3, -0.25) is 9.59 Å². The number of carbonyl (C=O) groups excluding carboxylic acids is 3. The van der Waals surface area contributed by atoms with Gasteiger partial charge in [0.25, 0.3) is 0 Å². The number of ether oxygens (including phenoxy) is 3. The molecule has 1 heterocycles. The van der Waals surface area contributed by atoms with Crippen LogP contribution in [0.1, 0.15) is 73.1 Å². The van der Waals surface area contributed by atoms with Crippen LogP contribution in [0.2, 0.25) is 0 Å². The van der Waals surface area contributed by atoms with Gasteiger partial charge >= 0.3 is 17.9 Å². The summed E-state index contributed by atoms with van der Waals surface area (Å²) in [5.74, 6) is -1.42. The molecule has 0 aromatic heterocycles. The normalized spacial score (nSPS) is 37.9. The molecule has 7 nitrogen and oxygen atoms in total. The number of hydrogen-bond donors (Lipinski definition) is 1. The van der Waals surface area contributed by atoms with Crippen molar-refractivity contribution >= 4 is 17.9 Å². The molecule has 186 valence electrons. The smallest absolute Gasteiger partial charge is 0.331 e. The molecule has 0 bridgehead atoms. The fourth-order valence-corrected chi connectivity index (χ4v) is 6.60. The number of aliphatic hydroxyl groups is 1. The Bertz CT molecular complexity index is 804. The van der Waals surface area contributed by atoms with Crippen molar-refractivity contribution in [2.45, 2.75) is 85.4 Å². The minimum atomic E-state index is -0.631. The summed E-state index contributed by atoms with van der Waals surface area (Å²) in [4.78, 5) is 37.3. The lowest BCUT2D eigenvalue weighted by molar-refractivity contribution is -0.200. The van der Waals surface area contributed by atoms with Crippen molar-refractivity contribution in [1.82, 2.24) is 0 Å². The Balaban J connectivity index is 1.98. The first-order valence-corrected chi connectivity index (χ1v) is 12.3. The van der Waals surface area contributed by atoms with E-state index >= 15 is 0 Å². The summed E-state index contributed by atoms with van der Waals surface area (Å²) >= 11 is 0. The monoisotopic (exact) mass is 464 g/mol. The summed E-state index contributed by atoms with van der Waals surface area (Å²) in [5, 5.41) is 11.2. The van der Waals surface area contributed by atoms with E-state index in [1.54, 1.807) is 0 Å². The fraction of sp³-hybridized carbons (Fsp3) is 0.808. The lowest BCUT2D eigenvalue weighted by atomic mass is 9.43. The lowest BCUT2D eigenvalue weighted by Gasteiger charge is -2.62. The fourth-order valence-electron chi connectivity index (χ4n) is 6.60. The predicted molar refractivity (Wildman–Crippen MR) is 122 cm³/mol. The first kappa shape index (κ1) is 25.7. The molecule has 0 aromatic rings. The van der Waals surface area contributed by atoms with Crippen molar-refractivity contribution in [1.29, 1.82) is 0 Å². The average Bonchev–Trinajstić information content (AvgIpc) is 3.22. The van der Waals surface area contributed by atoms with Crippen LogP contribution in [0.15, 0.2) is 11.6 Å². The summed E-state index contributed by atoms with van der Waals surface area (Å²) in [6, 6.07) is 0. The first-order valence-electron chi connectivity index (χ1n) is 12.3. The highest BCUT2D eigenvalue weighted by Gasteiger charge is 2.62. The highest BCUT2D eigenvalue weighted by atomic mass is 16.6. The number of aliphatic hydroxyl groups excluding tert-OH is 1. The van der Waals surface area contributed by atoms with E-state index in [2.05, 4.69) is 13.8 Å². The van der Waals surface area contributed by atoms with Gasteiger partial charge in [-0.25, -0.2) is 4.79 Å². The summed E-state index contributed by atoms with van der Waals surface area (Å²) in [6.07, 6.45) is 4.42. The van der Waals surface area contributed by atoms with Crippen molar-refractivity contribution in [3.63, 3.8) is 0 Å². The largest absolute Gasteiger partial charge is 0.469 e. The third kappa shape index (κ3) is 4.58. The van der Waals surface area contributed by atoms with Crippen LogP contribution in [0.25, 0.3) is 0 Å². The zero-order valence-electron chi connectivity index (χ0n) is 20.9. The van der Waals surface area contributed by atoms with Gasteiger partial charge in [-0.1, -0.05) is 41.0 Å². The second-order valence-electron chi connectivity index (χ2n) is 10.8. The Morgan fingerprint density at radius 2 is 2.00 bits per heavy atom. The zero-order valence-corrected chi connectivity index (χ0v) is 20.9. The average molecular weight is 465 g/mol. The van der Waals surface area contributed by atoms with E-state index in [9.17, 15) is 19.5 Å². The Hall–Kier alpha value is -1.89. The zero-order chi connectivity index (χ0) is 24.6. The number of hydrogen-bond acceptors (Lipinski definition) is 7. The number of methoxy groups -OCH3 is 1. The lowest BCUT2D eigenvalue weighted by Crippen LogP contribution is -2.61. The van der Waals surface area contributed by atoms with Gasteiger partial charge in [0.05, 0.1) is 25.0 Å². The van der Waals surface area contributed by atoms with E-state index in [-0.39, 0.29) is 47.6 Å². The molecule has 0 radical (unpaired) electrons. The molecule has 1 aliphatic heterocycles. The molecule has 1 unspecified atom stereocenters. The molecule has 2 fully saturated rings. The number of esters is 3. The van der Waals surface area contributed by atoms with Crippen LogP contribution in [0.3, 0.4) is 0 Å². The van der Waals surface area contributed by atoms with Crippen LogP contribution >= 0.6 is 0 Å². The third-order valence-electron chi connectivity index (χ3n) is 9.19. The van der Waals surface area contributed by atoms with Crippen LogP contribution < -0.4 is 0 Å². The first-order chi connectivity index (χ1) is 15.5. The molecule has 0 amide bonds. The molecular formula is C26H40O7. The maximum absolute atomic E-state index is 12.8. The molecule has 3 aliphatic rings. The minimum absolute atomic E-state index is 0.0324. The molecule has 0 spiro atoms. The van der Waals surface area contributed by atoms with Crippen molar-refractivity contribution in [2.24, 2.45) is 34.5 Å². The summed E-state index contributed by atoms with van der Waals surface area (Å²) in [5.41, 5.74) is -0.278. The van der Waals surface area contributed by atoms with Crippen LogP contribution in [0.5, 0.6) is 0 Å². The molecular weight excluding hydrogens is 424 g/mol. The van der Waals surface area contributed by atoms with Crippen molar-refractivity contribution in [3.05, 3.63) is 11.6 Å². The number of carbonyl (C=O) groups is 3. The maximum atomic E-state index is 12.8. The molecule has 2 aliphatic carbocycles. The van der Waals surface area contributed by atoms with Crippen LogP contribution in [0.4, 0.5) is 0 Å². The van der Waals surface area contributed by atoms with Gasteiger partial charge in [-0.2, -0.15) is 0 Å². The predicted octanol–water partition coefficient (Wildman–Crippen LogP) is 3.82. The summed E-state index contributed by atoms with van der Waals surface area (Å²) in [6.45, 7) is 10.2. The van der Waals surface area contributed by atoms with Gasteiger partial charge in [-0.05, 0) is 49.4 Å². The molecule has 3 rings (SSSR count). The second kappa shape index (κ2) is 9.77. The summed E-state index contributed by atoms with van der Waals surface area (Å²) < 4.78 is 16.3. The number of cyclic esters (lactones) is 1. The SMILES string of the molecule is CCC(C)C(=O)O[C@@H](C[C@@]1(C)[C@H](C)C[C@H](O)[C@]2(C)[C@@H]1CCC[C@H]2C(=O)OC)C1=CC(=O)OC1. The minimum Gasteiger partial charge on any atom is -0.469 e. The van der Waals surface area contributed by atoms with Crippen molar-refractivity contribution in [3.8, 4) is 0 Å². The van der Waals surface area contributed by atoms with Gasteiger partial charge < -0.3 is 19.3 Å². The second-order valence-corrected chi connectivity index (χ2v) is 10.8. The van der Waals surface area contributed by atoms with Crippen LogP contribution in [-0.2, 0) is 28.6 Å². The molecule has 33 heavy (non-hydrogen) atoms. The number of fused-ring (bicyclic) bond motifs is 1. The number of rotatable bonds is 7. The Morgan fingerprint density at radius 3 is 2.58 bits per heavy atom. The van der Waals surface area contributed by atoms with Crippen molar-refractivity contribution in [2.75, 3.05) is 13.7 Å². The molecule has 2 saturated carbocycles. The van der Waals surface area contributed by atoms with Gasteiger partial charge in [-0.15, -0.1) is 0 Å². The molecule has 1 N–H and O–H groups in total. The Kier molecular flexibility index (Phi) is 7.62. The Labute approximate surface area is 197 Å². The molecule has 7 heteroatoms.